The van der Waals surface area contributed by atoms with Gasteiger partial charge in [-0.25, -0.2) is 4.98 Å². The Morgan fingerprint density at radius 1 is 1.30 bits per heavy atom. The van der Waals surface area contributed by atoms with Gasteiger partial charge in [0, 0.05) is 25.3 Å². The zero-order valence-electron chi connectivity index (χ0n) is 11.4. The van der Waals surface area contributed by atoms with Gasteiger partial charge in [-0.1, -0.05) is 30.3 Å². The van der Waals surface area contributed by atoms with Crippen LogP contribution < -0.4 is 5.32 Å². The molecule has 2 rings (SSSR count). The second kappa shape index (κ2) is 6.69. The van der Waals surface area contributed by atoms with Crippen LogP contribution in [0.1, 0.15) is 22.4 Å². The second-order valence-electron chi connectivity index (χ2n) is 4.58. The summed E-state index contributed by atoms with van der Waals surface area (Å²) in [5.41, 5.74) is 3.35. The van der Waals surface area contributed by atoms with E-state index in [0.717, 1.165) is 16.8 Å². The van der Waals surface area contributed by atoms with Gasteiger partial charge in [-0.2, -0.15) is 5.26 Å². The highest BCUT2D eigenvalue weighted by atomic mass is 16.3. The van der Waals surface area contributed by atoms with E-state index in [4.69, 9.17) is 5.11 Å². The Kier molecular flexibility index (Phi) is 4.70. The van der Waals surface area contributed by atoms with Crippen molar-refractivity contribution >= 4 is 5.82 Å². The van der Waals surface area contributed by atoms with Crippen LogP contribution >= 0.6 is 0 Å². The van der Waals surface area contributed by atoms with Crippen LogP contribution in [0, 0.1) is 18.3 Å². The molecule has 0 amide bonds. The zero-order chi connectivity index (χ0) is 14.4. The zero-order valence-corrected chi connectivity index (χ0v) is 11.4. The smallest absolute Gasteiger partial charge is 0.144 e. The summed E-state index contributed by atoms with van der Waals surface area (Å²) in [6.45, 7) is 2.55. The Balaban J connectivity index is 2.23. The third-order valence-electron chi connectivity index (χ3n) is 3.05. The molecule has 0 aliphatic carbocycles. The molecule has 0 unspecified atom stereocenters. The topological polar surface area (TPSA) is 68.9 Å². The minimum atomic E-state index is 0.0520. The summed E-state index contributed by atoms with van der Waals surface area (Å²) >= 11 is 0. The van der Waals surface area contributed by atoms with E-state index in [-0.39, 0.29) is 6.61 Å². The lowest BCUT2D eigenvalue weighted by atomic mass is 10.1. The molecule has 20 heavy (non-hydrogen) atoms. The van der Waals surface area contributed by atoms with Gasteiger partial charge in [0.25, 0.3) is 0 Å². The molecule has 2 N–H and O–H groups in total. The van der Waals surface area contributed by atoms with Gasteiger partial charge in [0.15, 0.2) is 0 Å². The van der Waals surface area contributed by atoms with E-state index in [2.05, 4.69) is 16.4 Å². The van der Waals surface area contributed by atoms with Crippen LogP contribution in [0.2, 0.25) is 0 Å². The normalized spacial score (nSPS) is 10.1. The number of aliphatic hydroxyl groups excluding tert-OH is 1. The number of nitriles is 1. The molecule has 0 saturated carbocycles. The van der Waals surface area contributed by atoms with Crippen molar-refractivity contribution < 1.29 is 5.11 Å². The molecular weight excluding hydrogens is 250 g/mol. The molecule has 0 bridgehead atoms. The van der Waals surface area contributed by atoms with Crippen molar-refractivity contribution in [3.8, 4) is 6.07 Å². The summed E-state index contributed by atoms with van der Waals surface area (Å²) in [6, 6.07) is 14.0. The summed E-state index contributed by atoms with van der Waals surface area (Å²) < 4.78 is 0. The van der Waals surface area contributed by atoms with Gasteiger partial charge in [-0.15, -0.1) is 0 Å². The van der Waals surface area contributed by atoms with E-state index in [1.54, 1.807) is 0 Å². The molecule has 0 fully saturated rings. The Morgan fingerprint density at radius 2 is 2.05 bits per heavy atom. The van der Waals surface area contributed by atoms with Crippen molar-refractivity contribution in [1.29, 1.82) is 5.26 Å². The van der Waals surface area contributed by atoms with Crippen LogP contribution in [-0.2, 0) is 13.0 Å². The molecule has 4 heteroatoms. The Hall–Kier alpha value is -2.38. The average Bonchev–Trinajstić information content (AvgIpc) is 2.46. The molecule has 2 aromatic rings. The average molecular weight is 267 g/mol. The highest BCUT2D eigenvalue weighted by Gasteiger charge is 2.09. The van der Waals surface area contributed by atoms with Gasteiger partial charge in [0.05, 0.1) is 5.56 Å². The van der Waals surface area contributed by atoms with Crippen molar-refractivity contribution in [2.75, 3.05) is 11.9 Å². The molecule has 0 aliphatic heterocycles. The van der Waals surface area contributed by atoms with Gasteiger partial charge in [0.2, 0.25) is 0 Å². The molecule has 0 spiro atoms. The lowest BCUT2D eigenvalue weighted by Crippen LogP contribution is -2.07. The predicted molar refractivity (Wildman–Crippen MR) is 78.2 cm³/mol. The lowest BCUT2D eigenvalue weighted by Gasteiger charge is -2.11. The first-order valence-electron chi connectivity index (χ1n) is 6.54. The summed E-state index contributed by atoms with van der Waals surface area (Å²) in [7, 11) is 0. The Labute approximate surface area is 118 Å². The molecule has 0 radical (unpaired) electrons. The van der Waals surface area contributed by atoms with Gasteiger partial charge >= 0.3 is 0 Å². The first-order chi connectivity index (χ1) is 9.74. The Bertz CT molecular complexity index is 618. The molecule has 1 heterocycles. The van der Waals surface area contributed by atoms with Gasteiger partial charge in [-0.05, 0) is 24.1 Å². The molecular formula is C16H17N3O. The van der Waals surface area contributed by atoms with Gasteiger partial charge in [-0.3, -0.25) is 0 Å². The predicted octanol–water partition coefficient (Wildman–Crippen LogP) is 2.41. The third kappa shape index (κ3) is 3.34. The maximum absolute atomic E-state index is 9.24. The van der Waals surface area contributed by atoms with Crippen molar-refractivity contribution in [2.45, 2.75) is 19.9 Å². The van der Waals surface area contributed by atoms with E-state index < -0.39 is 0 Å². The SMILES string of the molecule is Cc1cc(CCO)nc(NCc2ccccc2)c1C#N. The number of aromatic nitrogens is 1. The highest BCUT2D eigenvalue weighted by molar-refractivity contribution is 5.56. The third-order valence-corrected chi connectivity index (χ3v) is 3.05. The van der Waals surface area contributed by atoms with Crippen molar-refractivity contribution in [3.63, 3.8) is 0 Å². The van der Waals surface area contributed by atoms with Crippen molar-refractivity contribution in [1.82, 2.24) is 4.98 Å². The van der Waals surface area contributed by atoms with E-state index in [0.29, 0.717) is 24.3 Å². The first-order valence-corrected chi connectivity index (χ1v) is 6.54. The van der Waals surface area contributed by atoms with E-state index in [9.17, 15) is 5.26 Å². The summed E-state index contributed by atoms with van der Waals surface area (Å²) in [4.78, 5) is 4.42. The van der Waals surface area contributed by atoms with Crippen LogP contribution in [0.4, 0.5) is 5.82 Å². The molecule has 1 aromatic heterocycles. The lowest BCUT2D eigenvalue weighted by molar-refractivity contribution is 0.298. The fourth-order valence-electron chi connectivity index (χ4n) is 2.03. The van der Waals surface area contributed by atoms with Crippen LogP contribution in [0.25, 0.3) is 0 Å². The van der Waals surface area contributed by atoms with E-state index in [1.807, 2.05) is 43.3 Å². The number of benzene rings is 1. The number of aliphatic hydroxyl groups is 1. The summed E-state index contributed by atoms with van der Waals surface area (Å²) in [5, 5.41) is 21.5. The Morgan fingerprint density at radius 3 is 2.70 bits per heavy atom. The number of hydrogen-bond donors (Lipinski definition) is 2. The maximum atomic E-state index is 9.24. The van der Waals surface area contributed by atoms with Crippen molar-refractivity contribution in [2.24, 2.45) is 0 Å². The molecule has 4 nitrogen and oxygen atoms in total. The number of aryl methyl sites for hydroxylation is 1. The summed E-state index contributed by atoms with van der Waals surface area (Å²) in [5.74, 6) is 0.583. The molecule has 0 aliphatic rings. The van der Waals surface area contributed by atoms with Gasteiger partial charge < -0.3 is 10.4 Å². The van der Waals surface area contributed by atoms with Crippen molar-refractivity contribution in [3.05, 3.63) is 58.8 Å². The minimum absolute atomic E-state index is 0.0520. The number of pyridine rings is 1. The first kappa shape index (κ1) is 14.0. The molecule has 0 atom stereocenters. The van der Waals surface area contributed by atoms with Crippen LogP contribution in [0.15, 0.2) is 36.4 Å². The van der Waals surface area contributed by atoms with Crippen LogP contribution in [0.5, 0.6) is 0 Å². The fourth-order valence-corrected chi connectivity index (χ4v) is 2.03. The molecule has 0 saturated heterocycles. The number of anilines is 1. The quantitative estimate of drug-likeness (QED) is 0.873. The number of hydrogen-bond acceptors (Lipinski definition) is 4. The fraction of sp³-hybridized carbons (Fsp3) is 0.250. The van der Waals surface area contributed by atoms with Crippen LogP contribution in [-0.4, -0.2) is 16.7 Å². The van der Waals surface area contributed by atoms with Gasteiger partial charge in [0.1, 0.15) is 11.9 Å². The minimum Gasteiger partial charge on any atom is -0.396 e. The monoisotopic (exact) mass is 267 g/mol. The highest BCUT2D eigenvalue weighted by Crippen LogP contribution is 2.19. The largest absolute Gasteiger partial charge is 0.396 e. The standard InChI is InChI=1S/C16H17N3O/c1-12-9-14(7-8-20)19-16(15(12)10-17)18-11-13-5-3-2-4-6-13/h2-6,9,20H,7-8,11H2,1H3,(H,18,19). The molecule has 1 aromatic carbocycles. The summed E-state index contributed by atoms with van der Waals surface area (Å²) in [6.07, 6.45) is 0.493. The maximum Gasteiger partial charge on any atom is 0.144 e. The second-order valence-corrected chi connectivity index (χ2v) is 4.58. The number of nitrogens with zero attached hydrogens (tertiary/aromatic N) is 2. The number of rotatable bonds is 5. The van der Waals surface area contributed by atoms with E-state index >= 15 is 0 Å². The molecule has 102 valence electrons. The number of nitrogens with one attached hydrogen (secondary N) is 1. The van der Waals surface area contributed by atoms with E-state index in [1.165, 1.54) is 0 Å². The van der Waals surface area contributed by atoms with Crippen LogP contribution in [0.3, 0.4) is 0 Å².